The Labute approximate surface area is 123 Å². The van der Waals surface area contributed by atoms with E-state index < -0.39 is 0 Å². The van der Waals surface area contributed by atoms with Gasteiger partial charge in [0, 0.05) is 34.7 Å². The highest BCUT2D eigenvalue weighted by atomic mass is 35.5. The summed E-state index contributed by atoms with van der Waals surface area (Å²) in [5.41, 5.74) is 9.23. The Morgan fingerprint density at radius 2 is 2.05 bits per heavy atom. The summed E-state index contributed by atoms with van der Waals surface area (Å²) in [6.45, 7) is 4.88. The molecule has 0 radical (unpaired) electrons. The Hall–Kier alpha value is -1.03. The second-order valence-corrected chi connectivity index (χ2v) is 5.41. The summed E-state index contributed by atoms with van der Waals surface area (Å²) in [6, 6.07) is 7.24. The molecule has 0 bridgehead atoms. The van der Waals surface area contributed by atoms with Gasteiger partial charge in [0.25, 0.3) is 0 Å². The molecule has 1 aromatic heterocycles. The molecule has 2 rings (SSSR count). The minimum absolute atomic E-state index is 0.187. The van der Waals surface area contributed by atoms with Gasteiger partial charge in [-0.2, -0.15) is 5.10 Å². The molecule has 0 fully saturated rings. The topological polar surface area (TPSA) is 43.8 Å². The van der Waals surface area contributed by atoms with Crippen molar-refractivity contribution >= 4 is 23.2 Å². The minimum Gasteiger partial charge on any atom is -0.324 e. The number of hydrogen-bond donors (Lipinski definition) is 1. The normalized spacial score (nSPS) is 12.7. The summed E-state index contributed by atoms with van der Waals surface area (Å²) in [5.74, 6) is 0. The highest BCUT2D eigenvalue weighted by molar-refractivity contribution is 6.33. The summed E-state index contributed by atoms with van der Waals surface area (Å²) in [4.78, 5) is 0. The van der Waals surface area contributed by atoms with Gasteiger partial charge in [-0.05, 0) is 43.7 Å². The first kappa shape index (κ1) is 14.4. The lowest BCUT2D eigenvalue weighted by atomic mass is 10.0. The highest BCUT2D eigenvalue weighted by Gasteiger charge is 2.14. The van der Waals surface area contributed by atoms with Crippen LogP contribution in [0.15, 0.2) is 24.3 Å². The molecule has 1 heterocycles. The van der Waals surface area contributed by atoms with Gasteiger partial charge in [0.1, 0.15) is 0 Å². The van der Waals surface area contributed by atoms with Crippen molar-refractivity contribution in [2.24, 2.45) is 5.73 Å². The van der Waals surface area contributed by atoms with Gasteiger partial charge in [-0.3, -0.25) is 4.68 Å². The molecule has 2 aromatic rings. The number of rotatable bonds is 4. The molecule has 5 heteroatoms. The maximum atomic E-state index is 6.25. The first-order valence-corrected chi connectivity index (χ1v) is 7.00. The Balaban J connectivity index is 2.25. The van der Waals surface area contributed by atoms with Gasteiger partial charge in [0.05, 0.1) is 5.69 Å². The largest absolute Gasteiger partial charge is 0.324 e. The number of nitrogens with two attached hydrogens (primary N) is 1. The van der Waals surface area contributed by atoms with Gasteiger partial charge in [0.2, 0.25) is 0 Å². The Bertz CT molecular complexity index is 578. The van der Waals surface area contributed by atoms with Crippen molar-refractivity contribution in [3.63, 3.8) is 0 Å². The molecule has 3 nitrogen and oxygen atoms in total. The van der Waals surface area contributed by atoms with Gasteiger partial charge in [-0.1, -0.05) is 23.2 Å². The van der Waals surface area contributed by atoms with E-state index in [2.05, 4.69) is 18.1 Å². The van der Waals surface area contributed by atoms with Crippen LogP contribution in [-0.2, 0) is 13.0 Å². The van der Waals surface area contributed by atoms with Gasteiger partial charge in [-0.25, -0.2) is 0 Å². The molecule has 102 valence electrons. The van der Waals surface area contributed by atoms with Crippen LogP contribution in [0.1, 0.15) is 29.9 Å². The van der Waals surface area contributed by atoms with Gasteiger partial charge in [-0.15, -0.1) is 0 Å². The van der Waals surface area contributed by atoms with E-state index in [0.717, 1.165) is 23.5 Å². The average Bonchev–Trinajstić information content (AvgIpc) is 2.72. The average molecular weight is 298 g/mol. The third-order valence-corrected chi connectivity index (χ3v) is 3.65. The molecule has 2 N–H and O–H groups in total. The summed E-state index contributed by atoms with van der Waals surface area (Å²) < 4.78 is 1.97. The van der Waals surface area contributed by atoms with E-state index in [9.17, 15) is 0 Å². The van der Waals surface area contributed by atoms with Gasteiger partial charge < -0.3 is 5.73 Å². The molecule has 0 saturated carbocycles. The molecule has 0 saturated heterocycles. The van der Waals surface area contributed by atoms with Crippen LogP contribution >= 0.6 is 23.2 Å². The SMILES string of the molecule is CCn1nc(C)cc1CC(N)c1cc(Cl)ccc1Cl. The van der Waals surface area contributed by atoms with Crippen molar-refractivity contribution in [1.82, 2.24) is 9.78 Å². The molecule has 0 spiro atoms. The van der Waals surface area contributed by atoms with Gasteiger partial charge in [0.15, 0.2) is 0 Å². The second-order valence-electron chi connectivity index (χ2n) is 4.57. The highest BCUT2D eigenvalue weighted by Crippen LogP contribution is 2.27. The Morgan fingerprint density at radius 3 is 2.74 bits per heavy atom. The van der Waals surface area contributed by atoms with E-state index in [1.165, 1.54) is 0 Å². The van der Waals surface area contributed by atoms with Crippen molar-refractivity contribution in [1.29, 1.82) is 0 Å². The fourth-order valence-corrected chi connectivity index (χ4v) is 2.61. The molecule has 0 aliphatic heterocycles. The lowest BCUT2D eigenvalue weighted by Gasteiger charge is -2.14. The summed E-state index contributed by atoms with van der Waals surface area (Å²) in [6.07, 6.45) is 0.689. The monoisotopic (exact) mass is 297 g/mol. The predicted molar refractivity (Wildman–Crippen MR) is 79.7 cm³/mol. The summed E-state index contributed by atoms with van der Waals surface area (Å²) in [7, 11) is 0. The zero-order valence-electron chi connectivity index (χ0n) is 11.0. The van der Waals surface area contributed by atoms with Gasteiger partial charge >= 0.3 is 0 Å². The van der Waals surface area contributed by atoms with Crippen LogP contribution in [0.2, 0.25) is 10.0 Å². The van der Waals surface area contributed by atoms with Crippen LogP contribution in [0, 0.1) is 6.92 Å². The zero-order valence-corrected chi connectivity index (χ0v) is 12.5. The lowest BCUT2D eigenvalue weighted by molar-refractivity contribution is 0.587. The second kappa shape index (κ2) is 5.95. The van der Waals surface area contributed by atoms with Crippen LogP contribution < -0.4 is 5.73 Å². The standard InChI is InChI=1S/C14H17Cl2N3/c1-3-19-11(6-9(2)18-19)8-14(17)12-7-10(15)4-5-13(12)16/h4-7,14H,3,8,17H2,1-2H3. The van der Waals surface area contributed by atoms with Crippen LogP contribution in [-0.4, -0.2) is 9.78 Å². The number of hydrogen-bond acceptors (Lipinski definition) is 2. The third kappa shape index (κ3) is 3.30. The van der Waals surface area contributed by atoms with Crippen molar-refractivity contribution in [2.45, 2.75) is 32.9 Å². The molecule has 19 heavy (non-hydrogen) atoms. The van der Waals surface area contributed by atoms with E-state index in [0.29, 0.717) is 16.5 Å². The summed E-state index contributed by atoms with van der Waals surface area (Å²) in [5, 5.41) is 5.72. The van der Waals surface area contributed by atoms with Crippen LogP contribution in [0.5, 0.6) is 0 Å². The number of nitrogens with zero attached hydrogens (tertiary/aromatic N) is 2. The van der Waals surface area contributed by atoms with E-state index in [1.807, 2.05) is 17.7 Å². The first-order chi connectivity index (χ1) is 9.01. The fourth-order valence-electron chi connectivity index (χ4n) is 2.17. The van der Waals surface area contributed by atoms with Crippen molar-refractivity contribution in [3.8, 4) is 0 Å². The van der Waals surface area contributed by atoms with Crippen molar-refractivity contribution in [2.75, 3.05) is 0 Å². The molecule has 1 unspecified atom stereocenters. The van der Waals surface area contributed by atoms with Crippen molar-refractivity contribution < 1.29 is 0 Å². The Morgan fingerprint density at radius 1 is 1.32 bits per heavy atom. The molecule has 0 aliphatic rings. The number of benzene rings is 1. The minimum atomic E-state index is -0.187. The number of aryl methyl sites for hydroxylation is 2. The maximum absolute atomic E-state index is 6.25. The zero-order chi connectivity index (χ0) is 14.0. The summed E-state index contributed by atoms with van der Waals surface area (Å²) >= 11 is 12.2. The molecular formula is C14H17Cl2N3. The molecule has 0 aliphatic carbocycles. The molecule has 0 amide bonds. The predicted octanol–water partition coefficient (Wildman–Crippen LogP) is 3.76. The van der Waals surface area contributed by atoms with Crippen LogP contribution in [0.25, 0.3) is 0 Å². The van der Waals surface area contributed by atoms with E-state index >= 15 is 0 Å². The quantitative estimate of drug-likeness (QED) is 0.934. The Kier molecular flexibility index (Phi) is 4.50. The lowest BCUT2D eigenvalue weighted by Crippen LogP contribution is -2.16. The molecule has 1 aromatic carbocycles. The van der Waals surface area contributed by atoms with E-state index in [1.54, 1.807) is 12.1 Å². The number of halogens is 2. The number of aromatic nitrogens is 2. The fraction of sp³-hybridized carbons (Fsp3) is 0.357. The maximum Gasteiger partial charge on any atom is 0.0596 e. The smallest absolute Gasteiger partial charge is 0.0596 e. The van der Waals surface area contributed by atoms with E-state index in [-0.39, 0.29) is 6.04 Å². The van der Waals surface area contributed by atoms with Crippen LogP contribution in [0.3, 0.4) is 0 Å². The first-order valence-electron chi connectivity index (χ1n) is 6.25. The van der Waals surface area contributed by atoms with Crippen LogP contribution in [0.4, 0.5) is 0 Å². The molecule has 1 atom stereocenters. The molecular weight excluding hydrogens is 281 g/mol. The van der Waals surface area contributed by atoms with E-state index in [4.69, 9.17) is 28.9 Å². The van der Waals surface area contributed by atoms with Crippen molar-refractivity contribution in [3.05, 3.63) is 51.3 Å². The third-order valence-electron chi connectivity index (χ3n) is 3.07.